The number of hydrogen-bond donors (Lipinski definition) is 1. The Balaban J connectivity index is 1.37. The number of aromatic nitrogens is 2. The molecule has 1 aromatic heterocycles. The molecule has 4 rings (SSSR count). The van der Waals surface area contributed by atoms with Crippen molar-refractivity contribution in [2.75, 3.05) is 45.7 Å². The van der Waals surface area contributed by atoms with E-state index in [0.29, 0.717) is 6.61 Å². The second-order valence-electron chi connectivity index (χ2n) is 9.05. The van der Waals surface area contributed by atoms with E-state index in [1.54, 1.807) is 25.2 Å². The molecule has 1 aliphatic carbocycles. The van der Waals surface area contributed by atoms with Crippen LogP contribution in [0.4, 0.5) is 5.69 Å². The molecule has 2 atom stereocenters. The molecule has 2 heterocycles. The van der Waals surface area contributed by atoms with Gasteiger partial charge in [0.1, 0.15) is 6.61 Å². The minimum absolute atomic E-state index is 0.0292. The molecule has 2 aliphatic rings. The highest BCUT2D eigenvalue weighted by atomic mass is 16.5. The molecule has 0 spiro atoms. The second-order valence-corrected chi connectivity index (χ2v) is 9.05. The number of carbonyl (C=O) groups excluding carboxylic acids is 2. The van der Waals surface area contributed by atoms with E-state index in [-0.39, 0.29) is 36.4 Å². The lowest BCUT2D eigenvalue weighted by molar-refractivity contribution is -0.134. The number of nitrogens with one attached hydrogen (secondary N) is 1. The number of anilines is 1. The quantitative estimate of drug-likeness (QED) is 0.614. The summed E-state index contributed by atoms with van der Waals surface area (Å²) in [6.45, 7) is 2.39. The van der Waals surface area contributed by atoms with Crippen LogP contribution >= 0.6 is 0 Å². The Morgan fingerprint density at radius 2 is 2.00 bits per heavy atom. The summed E-state index contributed by atoms with van der Waals surface area (Å²) >= 11 is 0. The normalized spacial score (nSPS) is 20.9. The average Bonchev–Trinajstić information content (AvgIpc) is 3.42. The van der Waals surface area contributed by atoms with Crippen LogP contribution in [0, 0.1) is 5.92 Å². The second kappa shape index (κ2) is 10.3. The van der Waals surface area contributed by atoms with E-state index in [2.05, 4.69) is 39.6 Å². The minimum atomic E-state index is -0.0292. The molecule has 8 heteroatoms. The largest absolute Gasteiger partial charge is 0.370 e. The van der Waals surface area contributed by atoms with Crippen LogP contribution in [0.1, 0.15) is 30.9 Å². The fourth-order valence-electron chi connectivity index (χ4n) is 4.12. The van der Waals surface area contributed by atoms with Crippen molar-refractivity contribution in [1.82, 2.24) is 19.6 Å². The maximum atomic E-state index is 12.0. The number of rotatable bonds is 10. The zero-order chi connectivity index (χ0) is 22.5. The number of benzene rings is 1. The van der Waals surface area contributed by atoms with Crippen LogP contribution in [0.2, 0.25) is 0 Å². The average molecular weight is 440 g/mol. The van der Waals surface area contributed by atoms with Gasteiger partial charge in [-0.25, -0.2) is 0 Å². The van der Waals surface area contributed by atoms with E-state index in [9.17, 15) is 9.59 Å². The fourth-order valence-corrected chi connectivity index (χ4v) is 4.12. The number of likely N-dealkylation sites (N-methyl/N-ethyl adjacent to an activating group) is 1. The third-order valence-electron chi connectivity index (χ3n) is 6.26. The Kier molecular flexibility index (Phi) is 7.22. The summed E-state index contributed by atoms with van der Waals surface area (Å²) in [7, 11) is 3.47. The van der Waals surface area contributed by atoms with E-state index in [4.69, 9.17) is 4.74 Å². The van der Waals surface area contributed by atoms with Gasteiger partial charge in [-0.2, -0.15) is 5.10 Å². The van der Waals surface area contributed by atoms with Crippen LogP contribution in [0.25, 0.3) is 0 Å². The first kappa shape index (κ1) is 22.5. The topological polar surface area (TPSA) is 79.7 Å². The van der Waals surface area contributed by atoms with E-state index in [1.165, 1.54) is 5.56 Å². The van der Waals surface area contributed by atoms with Crippen molar-refractivity contribution in [3.8, 4) is 0 Å². The zero-order valence-corrected chi connectivity index (χ0v) is 18.9. The standard InChI is InChI=1S/C24H33N5O3/c1-27(2)23(30)17-32-16-22-12-21(15-28(22)11-10-18-6-4-3-5-7-18)29-14-20(13-25-29)26-24(31)19-8-9-19/h3-7,13-14,19,21-22H,8-12,15-17H2,1-2H3,(H,26,31)/t21-,22-/m0/s1. The van der Waals surface area contributed by atoms with Gasteiger partial charge in [-0.05, 0) is 31.2 Å². The van der Waals surface area contributed by atoms with Gasteiger partial charge in [-0.1, -0.05) is 30.3 Å². The van der Waals surface area contributed by atoms with Crippen molar-refractivity contribution in [3.05, 3.63) is 48.3 Å². The maximum Gasteiger partial charge on any atom is 0.248 e. The predicted molar refractivity (Wildman–Crippen MR) is 122 cm³/mol. The number of carbonyl (C=O) groups is 2. The molecule has 2 fully saturated rings. The van der Waals surface area contributed by atoms with Crippen molar-refractivity contribution in [1.29, 1.82) is 0 Å². The highest BCUT2D eigenvalue weighted by molar-refractivity contribution is 5.93. The van der Waals surface area contributed by atoms with Crippen LogP contribution in [0.3, 0.4) is 0 Å². The van der Waals surface area contributed by atoms with Gasteiger partial charge in [0.25, 0.3) is 0 Å². The molecular formula is C24H33N5O3. The molecule has 0 unspecified atom stereocenters. The van der Waals surface area contributed by atoms with Gasteiger partial charge in [-0.15, -0.1) is 0 Å². The highest BCUT2D eigenvalue weighted by Crippen LogP contribution is 2.31. The first-order chi connectivity index (χ1) is 15.5. The van der Waals surface area contributed by atoms with Crippen LogP contribution < -0.4 is 5.32 Å². The van der Waals surface area contributed by atoms with Gasteiger partial charge < -0.3 is 15.0 Å². The Hall–Kier alpha value is -2.71. The van der Waals surface area contributed by atoms with Crippen molar-refractivity contribution in [2.24, 2.45) is 5.92 Å². The van der Waals surface area contributed by atoms with Gasteiger partial charge in [0.2, 0.25) is 11.8 Å². The maximum absolute atomic E-state index is 12.0. The van der Waals surface area contributed by atoms with Gasteiger partial charge in [0.15, 0.2) is 0 Å². The van der Waals surface area contributed by atoms with Gasteiger partial charge in [0, 0.05) is 45.3 Å². The molecule has 1 N–H and O–H groups in total. The molecule has 172 valence electrons. The third kappa shape index (κ3) is 5.95. The summed E-state index contributed by atoms with van der Waals surface area (Å²) in [6.07, 6.45) is 7.48. The first-order valence-electron chi connectivity index (χ1n) is 11.4. The summed E-state index contributed by atoms with van der Waals surface area (Å²) in [5.74, 6) is 0.237. The predicted octanol–water partition coefficient (Wildman–Crippen LogP) is 2.19. The first-order valence-corrected chi connectivity index (χ1v) is 11.4. The van der Waals surface area contributed by atoms with Gasteiger partial charge in [-0.3, -0.25) is 19.2 Å². The lowest BCUT2D eigenvalue weighted by Crippen LogP contribution is -2.36. The number of nitrogens with zero attached hydrogens (tertiary/aromatic N) is 4. The number of amides is 2. The number of ether oxygens (including phenoxy) is 1. The monoisotopic (exact) mass is 439 g/mol. The van der Waals surface area contributed by atoms with Crippen LogP contribution in [-0.4, -0.2) is 77.8 Å². The Bertz CT molecular complexity index is 909. The molecule has 1 aliphatic heterocycles. The molecule has 32 heavy (non-hydrogen) atoms. The van der Waals surface area contributed by atoms with Crippen LogP contribution in [0.15, 0.2) is 42.7 Å². The summed E-state index contributed by atoms with van der Waals surface area (Å²) in [5, 5.41) is 7.49. The summed E-state index contributed by atoms with van der Waals surface area (Å²) < 4.78 is 7.74. The number of hydrogen-bond acceptors (Lipinski definition) is 5. The van der Waals surface area contributed by atoms with Gasteiger partial charge >= 0.3 is 0 Å². The Morgan fingerprint density at radius 1 is 1.22 bits per heavy atom. The smallest absolute Gasteiger partial charge is 0.248 e. The van der Waals surface area contributed by atoms with Crippen molar-refractivity contribution in [2.45, 2.75) is 37.8 Å². The van der Waals surface area contributed by atoms with Crippen molar-refractivity contribution in [3.63, 3.8) is 0 Å². The zero-order valence-electron chi connectivity index (χ0n) is 18.9. The van der Waals surface area contributed by atoms with Crippen LogP contribution in [-0.2, 0) is 20.7 Å². The van der Waals surface area contributed by atoms with Gasteiger partial charge in [0.05, 0.1) is 24.5 Å². The highest BCUT2D eigenvalue weighted by Gasteiger charge is 2.34. The summed E-state index contributed by atoms with van der Waals surface area (Å²) in [6, 6.07) is 10.9. The molecular weight excluding hydrogens is 406 g/mol. The van der Waals surface area contributed by atoms with E-state index >= 15 is 0 Å². The molecule has 2 aromatic rings. The molecule has 1 aromatic carbocycles. The van der Waals surface area contributed by atoms with E-state index in [0.717, 1.165) is 44.5 Å². The third-order valence-corrected chi connectivity index (χ3v) is 6.26. The van der Waals surface area contributed by atoms with E-state index in [1.807, 2.05) is 16.9 Å². The molecule has 0 bridgehead atoms. The van der Waals surface area contributed by atoms with Crippen LogP contribution in [0.5, 0.6) is 0 Å². The molecule has 0 radical (unpaired) electrons. The SMILES string of the molecule is CN(C)C(=O)COC[C@@H]1C[C@H](n2cc(NC(=O)C3CC3)cn2)CN1CCc1ccccc1. The summed E-state index contributed by atoms with van der Waals surface area (Å²) in [5.41, 5.74) is 2.07. The molecule has 1 saturated heterocycles. The lowest BCUT2D eigenvalue weighted by Gasteiger charge is -2.24. The lowest BCUT2D eigenvalue weighted by atomic mass is 10.1. The van der Waals surface area contributed by atoms with Crippen molar-refractivity contribution >= 4 is 17.5 Å². The Morgan fingerprint density at radius 3 is 2.72 bits per heavy atom. The van der Waals surface area contributed by atoms with Crippen molar-refractivity contribution < 1.29 is 14.3 Å². The summed E-state index contributed by atoms with van der Waals surface area (Å²) in [4.78, 5) is 27.9. The Labute approximate surface area is 189 Å². The molecule has 1 saturated carbocycles. The molecule has 8 nitrogen and oxygen atoms in total. The molecule has 2 amide bonds. The number of likely N-dealkylation sites (tertiary alicyclic amines) is 1. The van der Waals surface area contributed by atoms with E-state index < -0.39 is 0 Å². The minimum Gasteiger partial charge on any atom is -0.370 e. The fraction of sp³-hybridized carbons (Fsp3) is 0.542.